The molecule has 0 aliphatic carbocycles. The molecule has 1 saturated heterocycles. The number of benzene rings is 2. The Bertz CT molecular complexity index is 1480. The average Bonchev–Trinajstić information content (AvgIpc) is 3.43. The van der Waals surface area contributed by atoms with Gasteiger partial charge in [-0.25, -0.2) is 19.0 Å². The van der Waals surface area contributed by atoms with Gasteiger partial charge in [0.15, 0.2) is 30.7 Å². The fourth-order valence-electron chi connectivity index (χ4n) is 4.04. The number of nitrogens with zero attached hydrogens (tertiary/aromatic N) is 4. The normalized spacial score (nSPS) is 20.0. The molecule has 0 bridgehead atoms. The number of hydrogen-bond acceptors (Lipinski definition) is 9. The van der Waals surface area contributed by atoms with Crippen molar-refractivity contribution in [3.05, 3.63) is 87.5 Å². The van der Waals surface area contributed by atoms with E-state index in [1.165, 1.54) is 16.7 Å². The number of ether oxygens (including phenoxy) is 4. The van der Waals surface area contributed by atoms with Crippen molar-refractivity contribution in [2.75, 3.05) is 13.2 Å². The number of carbonyl (C=O) groups is 2. The van der Waals surface area contributed by atoms with E-state index >= 15 is 4.39 Å². The number of carbonyl (C=O) groups excluding carboxylic acids is 2. The number of aromatic nitrogens is 1. The van der Waals surface area contributed by atoms with Gasteiger partial charge in [-0.2, -0.15) is 10.5 Å². The Balaban J connectivity index is 1.69. The predicted molar refractivity (Wildman–Crippen MR) is 143 cm³/mol. The van der Waals surface area contributed by atoms with E-state index in [9.17, 15) is 20.1 Å². The van der Waals surface area contributed by atoms with E-state index in [2.05, 4.69) is 20.9 Å². The van der Waals surface area contributed by atoms with Gasteiger partial charge in [-0.15, -0.1) is 0 Å². The minimum Gasteiger partial charge on any atom is -0.483 e. The summed E-state index contributed by atoms with van der Waals surface area (Å²) in [7, 11) is 0. The Morgan fingerprint density at radius 2 is 1.65 bits per heavy atom. The van der Waals surface area contributed by atoms with Crippen LogP contribution in [0.1, 0.15) is 45.0 Å². The van der Waals surface area contributed by atoms with Crippen molar-refractivity contribution >= 4 is 40.1 Å². The van der Waals surface area contributed by atoms with Gasteiger partial charge in [0.2, 0.25) is 0 Å². The van der Waals surface area contributed by atoms with Gasteiger partial charge in [0.25, 0.3) is 0 Å². The summed E-state index contributed by atoms with van der Waals surface area (Å²) in [5.41, 5.74) is 0.210. The minimum atomic E-state index is -2.02. The molecule has 204 valence electrons. The zero-order valence-corrected chi connectivity index (χ0v) is 22.7. The van der Waals surface area contributed by atoms with Gasteiger partial charge >= 0.3 is 11.9 Å². The molecule has 4 atom stereocenters. The van der Waals surface area contributed by atoms with Crippen LogP contribution in [0.4, 0.5) is 10.2 Å². The molecule has 0 spiro atoms. The maximum absolute atomic E-state index is 16.2. The van der Waals surface area contributed by atoms with E-state index in [1.807, 2.05) is 12.1 Å². The SMILES string of the molecule is CCOC=Nc1c(C#N)c(C#N)c(Br)n1[C@H]1O[C@H](COC(=O)c2ccccc2)[C@@H](OC(=O)c2ccccc2)[C@@H]1F. The molecule has 12 heteroatoms. The van der Waals surface area contributed by atoms with E-state index in [4.69, 9.17) is 18.9 Å². The largest absolute Gasteiger partial charge is 0.483 e. The maximum atomic E-state index is 16.2. The first-order chi connectivity index (χ1) is 19.4. The highest BCUT2D eigenvalue weighted by molar-refractivity contribution is 9.10. The molecule has 2 heterocycles. The maximum Gasteiger partial charge on any atom is 0.338 e. The second-order valence-corrected chi connectivity index (χ2v) is 9.11. The van der Waals surface area contributed by atoms with Crippen molar-refractivity contribution in [3.8, 4) is 12.1 Å². The fourth-order valence-corrected chi connectivity index (χ4v) is 4.69. The molecule has 1 fully saturated rings. The van der Waals surface area contributed by atoms with Crippen LogP contribution < -0.4 is 0 Å². The van der Waals surface area contributed by atoms with Crippen molar-refractivity contribution in [1.82, 2.24) is 4.57 Å². The number of hydrogen-bond donors (Lipinski definition) is 0. The zero-order valence-electron chi connectivity index (χ0n) is 21.1. The highest BCUT2D eigenvalue weighted by Crippen LogP contribution is 2.43. The topological polar surface area (TPSA) is 136 Å². The van der Waals surface area contributed by atoms with E-state index in [-0.39, 0.29) is 39.3 Å². The van der Waals surface area contributed by atoms with Crippen LogP contribution in [0.15, 0.2) is 70.3 Å². The average molecular weight is 609 g/mol. The van der Waals surface area contributed by atoms with Crippen LogP contribution in [-0.4, -0.2) is 54.5 Å². The number of aliphatic imine (C=N–C) groups is 1. The molecule has 4 rings (SSSR count). The second-order valence-electron chi connectivity index (χ2n) is 8.36. The molecule has 1 aliphatic rings. The summed E-state index contributed by atoms with van der Waals surface area (Å²) >= 11 is 3.26. The van der Waals surface area contributed by atoms with Gasteiger partial charge in [-0.1, -0.05) is 36.4 Å². The summed E-state index contributed by atoms with van der Waals surface area (Å²) in [6.07, 6.45) is -5.24. The molecule has 10 nitrogen and oxygen atoms in total. The zero-order chi connectivity index (χ0) is 28.6. The van der Waals surface area contributed by atoms with Gasteiger partial charge in [-0.05, 0) is 47.1 Å². The van der Waals surface area contributed by atoms with Crippen LogP contribution >= 0.6 is 15.9 Å². The van der Waals surface area contributed by atoms with Crippen molar-refractivity contribution in [2.24, 2.45) is 4.99 Å². The molecule has 0 unspecified atom stereocenters. The quantitative estimate of drug-likeness (QED) is 0.188. The smallest absolute Gasteiger partial charge is 0.338 e. The Morgan fingerprint density at radius 1 is 1.05 bits per heavy atom. The number of nitriles is 2. The fraction of sp³-hybridized carbons (Fsp3) is 0.250. The summed E-state index contributed by atoms with van der Waals surface area (Å²) < 4.78 is 39.4. The Morgan fingerprint density at radius 3 is 2.23 bits per heavy atom. The third kappa shape index (κ3) is 5.88. The molecule has 0 saturated carbocycles. The van der Waals surface area contributed by atoms with E-state index < -0.39 is 43.2 Å². The first kappa shape index (κ1) is 28.5. The first-order valence-electron chi connectivity index (χ1n) is 12.1. The van der Waals surface area contributed by atoms with Gasteiger partial charge in [-0.3, -0.25) is 4.57 Å². The molecule has 40 heavy (non-hydrogen) atoms. The third-order valence-corrected chi connectivity index (χ3v) is 6.70. The lowest BCUT2D eigenvalue weighted by atomic mass is 10.1. The molecule has 0 amide bonds. The number of alkyl halides is 1. The molecule has 1 aromatic heterocycles. The highest BCUT2D eigenvalue weighted by atomic mass is 79.9. The summed E-state index contributed by atoms with van der Waals surface area (Å²) in [6.45, 7) is 1.54. The van der Waals surface area contributed by atoms with Gasteiger partial charge in [0.1, 0.15) is 40.6 Å². The van der Waals surface area contributed by atoms with E-state index in [0.29, 0.717) is 0 Å². The van der Waals surface area contributed by atoms with Crippen LogP contribution in [0, 0.1) is 22.7 Å². The number of rotatable bonds is 9. The van der Waals surface area contributed by atoms with Gasteiger partial charge in [0, 0.05) is 0 Å². The molecule has 0 radical (unpaired) electrons. The summed E-state index contributed by atoms with van der Waals surface area (Å²) in [5.74, 6) is -1.60. The minimum absolute atomic E-state index is 0.0258. The monoisotopic (exact) mass is 608 g/mol. The first-order valence-corrected chi connectivity index (χ1v) is 12.9. The summed E-state index contributed by atoms with van der Waals surface area (Å²) in [5, 5.41) is 19.4. The lowest BCUT2D eigenvalue weighted by Crippen LogP contribution is -2.37. The Kier molecular flexibility index (Phi) is 9.27. The number of halogens is 2. The Labute approximate surface area is 237 Å². The van der Waals surface area contributed by atoms with Crippen molar-refractivity contribution in [3.63, 3.8) is 0 Å². The molecule has 2 aromatic carbocycles. The predicted octanol–water partition coefficient (Wildman–Crippen LogP) is 5.01. The van der Waals surface area contributed by atoms with Gasteiger partial charge in [0.05, 0.1) is 17.7 Å². The van der Waals surface area contributed by atoms with Crippen molar-refractivity contribution < 1.29 is 32.9 Å². The van der Waals surface area contributed by atoms with Crippen LogP contribution in [0.2, 0.25) is 0 Å². The molecular formula is C28H22BrFN4O6. The lowest BCUT2D eigenvalue weighted by molar-refractivity contribution is -0.0579. The highest BCUT2D eigenvalue weighted by Gasteiger charge is 2.51. The summed E-state index contributed by atoms with van der Waals surface area (Å²) in [6, 6.07) is 20.0. The number of esters is 2. The van der Waals surface area contributed by atoms with Crippen molar-refractivity contribution in [2.45, 2.75) is 31.5 Å². The van der Waals surface area contributed by atoms with Crippen LogP contribution in [0.25, 0.3) is 0 Å². The van der Waals surface area contributed by atoms with E-state index in [1.54, 1.807) is 55.5 Å². The molecular weight excluding hydrogens is 587 g/mol. The third-order valence-electron chi connectivity index (χ3n) is 5.92. The summed E-state index contributed by atoms with van der Waals surface area (Å²) in [4.78, 5) is 29.5. The van der Waals surface area contributed by atoms with E-state index in [0.717, 1.165) is 6.40 Å². The van der Waals surface area contributed by atoms with Crippen LogP contribution in [0.3, 0.4) is 0 Å². The molecule has 0 N–H and O–H groups in total. The van der Waals surface area contributed by atoms with Gasteiger partial charge < -0.3 is 18.9 Å². The van der Waals surface area contributed by atoms with Crippen molar-refractivity contribution in [1.29, 1.82) is 10.5 Å². The second kappa shape index (κ2) is 13.0. The lowest BCUT2D eigenvalue weighted by Gasteiger charge is -2.20. The molecule has 1 aliphatic heterocycles. The molecule has 3 aromatic rings. The van der Waals surface area contributed by atoms with Crippen LogP contribution in [0.5, 0.6) is 0 Å². The van der Waals surface area contributed by atoms with Crippen LogP contribution in [-0.2, 0) is 18.9 Å². The standard InChI is InChI=1S/C28H22BrFN4O6/c1-2-37-16-33-25-20(14-32)19(13-31)24(29)34(25)26-22(30)23(40-28(36)18-11-7-4-8-12-18)21(39-26)15-38-27(35)17-9-5-3-6-10-17/h3-12,16,21-23,26H,2,15H2,1H3/t21-,22+,23-,26+/m1/s1. The Hall–Kier alpha value is -4.52.